The van der Waals surface area contributed by atoms with Gasteiger partial charge >= 0.3 is 5.97 Å². The molecule has 98 valence electrons. The number of carbonyl (C=O) groups is 2. The van der Waals surface area contributed by atoms with E-state index < -0.39 is 17.9 Å². The summed E-state index contributed by atoms with van der Waals surface area (Å²) in [6, 6.07) is 8.05. The number of aliphatic carboxylic acids is 1. The van der Waals surface area contributed by atoms with E-state index in [0.717, 1.165) is 5.56 Å². The third kappa shape index (κ3) is 3.38. The number of aromatic nitrogens is 3. The second-order valence-electron chi connectivity index (χ2n) is 3.89. The Morgan fingerprint density at radius 3 is 2.63 bits per heavy atom. The molecule has 0 bridgehead atoms. The van der Waals surface area contributed by atoms with Gasteiger partial charge in [-0.25, -0.2) is 9.78 Å². The van der Waals surface area contributed by atoms with Crippen molar-refractivity contribution in [3.8, 4) is 0 Å². The highest BCUT2D eigenvalue weighted by atomic mass is 16.4. The quantitative estimate of drug-likeness (QED) is 0.713. The smallest absolute Gasteiger partial charge is 0.326 e. The summed E-state index contributed by atoms with van der Waals surface area (Å²) in [5.74, 6) is -1.71. The molecular formula is C12H12N4O3. The number of H-pyrrole nitrogens is 1. The van der Waals surface area contributed by atoms with E-state index in [0.29, 0.717) is 0 Å². The summed E-state index contributed by atoms with van der Waals surface area (Å²) in [7, 11) is 0. The van der Waals surface area contributed by atoms with Gasteiger partial charge in [0.2, 0.25) is 5.82 Å². The zero-order valence-corrected chi connectivity index (χ0v) is 9.91. The van der Waals surface area contributed by atoms with E-state index in [-0.39, 0.29) is 12.2 Å². The number of aromatic amines is 1. The normalized spacial score (nSPS) is 11.8. The Morgan fingerprint density at radius 1 is 1.32 bits per heavy atom. The second-order valence-corrected chi connectivity index (χ2v) is 3.89. The van der Waals surface area contributed by atoms with Crippen LogP contribution in [0.2, 0.25) is 0 Å². The summed E-state index contributed by atoms with van der Waals surface area (Å²) in [5, 5.41) is 17.4. The highest BCUT2D eigenvalue weighted by Crippen LogP contribution is 2.04. The molecule has 1 atom stereocenters. The average Bonchev–Trinajstić information content (AvgIpc) is 2.93. The van der Waals surface area contributed by atoms with Crippen LogP contribution in [0.15, 0.2) is 36.7 Å². The minimum Gasteiger partial charge on any atom is -0.480 e. The molecule has 0 aliphatic heterocycles. The van der Waals surface area contributed by atoms with Crippen LogP contribution in [0.5, 0.6) is 0 Å². The summed E-state index contributed by atoms with van der Waals surface area (Å²) in [4.78, 5) is 26.5. The molecule has 1 amide bonds. The Bertz CT molecular complexity index is 554. The van der Waals surface area contributed by atoms with E-state index in [2.05, 4.69) is 20.5 Å². The van der Waals surface area contributed by atoms with Gasteiger partial charge in [-0.05, 0) is 5.56 Å². The number of nitrogens with zero attached hydrogens (tertiary/aromatic N) is 2. The number of hydrogen-bond acceptors (Lipinski definition) is 4. The van der Waals surface area contributed by atoms with E-state index in [1.807, 2.05) is 18.2 Å². The van der Waals surface area contributed by atoms with Gasteiger partial charge in [-0.1, -0.05) is 30.3 Å². The molecule has 2 aromatic rings. The summed E-state index contributed by atoms with van der Waals surface area (Å²) < 4.78 is 0. The Hall–Kier alpha value is -2.70. The minimum atomic E-state index is -1.10. The summed E-state index contributed by atoms with van der Waals surface area (Å²) >= 11 is 0. The lowest BCUT2D eigenvalue weighted by Gasteiger charge is -2.13. The molecule has 0 saturated heterocycles. The van der Waals surface area contributed by atoms with Crippen LogP contribution < -0.4 is 5.32 Å². The molecule has 2 rings (SSSR count). The zero-order chi connectivity index (χ0) is 13.7. The molecule has 0 saturated carbocycles. The van der Waals surface area contributed by atoms with Gasteiger partial charge in [0, 0.05) is 6.42 Å². The molecule has 7 heteroatoms. The molecule has 3 N–H and O–H groups in total. The maximum absolute atomic E-state index is 11.7. The molecule has 0 radical (unpaired) electrons. The SMILES string of the molecule is O=C(N[C@@H](Cc1ccccc1)C(=O)O)c1ncn[nH]1. The van der Waals surface area contributed by atoms with Crippen LogP contribution in [0.25, 0.3) is 0 Å². The molecular weight excluding hydrogens is 248 g/mol. The standard InChI is InChI=1S/C12H12N4O3/c17-11(10-13-7-14-16-10)15-9(12(18)19)6-8-4-2-1-3-5-8/h1-5,7,9H,6H2,(H,15,17)(H,18,19)(H,13,14,16)/t9-/m0/s1. The third-order valence-electron chi connectivity index (χ3n) is 2.52. The zero-order valence-electron chi connectivity index (χ0n) is 9.91. The number of hydrogen-bond donors (Lipinski definition) is 3. The Labute approximate surface area is 108 Å². The van der Waals surface area contributed by atoms with Gasteiger partial charge in [-0.3, -0.25) is 9.89 Å². The largest absolute Gasteiger partial charge is 0.480 e. The fourth-order valence-corrected chi connectivity index (χ4v) is 1.59. The predicted molar refractivity (Wildman–Crippen MR) is 65.4 cm³/mol. The van der Waals surface area contributed by atoms with Gasteiger partial charge in [0.15, 0.2) is 0 Å². The average molecular weight is 260 g/mol. The molecule has 1 aromatic heterocycles. The van der Waals surface area contributed by atoms with Crippen LogP contribution in [-0.2, 0) is 11.2 Å². The van der Waals surface area contributed by atoms with Crippen LogP contribution in [0.4, 0.5) is 0 Å². The summed E-state index contributed by atoms with van der Waals surface area (Å²) in [6.45, 7) is 0. The first-order valence-corrected chi connectivity index (χ1v) is 5.60. The molecule has 1 heterocycles. The van der Waals surface area contributed by atoms with E-state index in [1.54, 1.807) is 12.1 Å². The van der Waals surface area contributed by atoms with Gasteiger partial charge in [-0.15, -0.1) is 0 Å². The number of amides is 1. The van der Waals surface area contributed by atoms with Crippen molar-refractivity contribution in [1.29, 1.82) is 0 Å². The van der Waals surface area contributed by atoms with Gasteiger partial charge in [0.05, 0.1) is 0 Å². The van der Waals surface area contributed by atoms with E-state index in [1.165, 1.54) is 6.33 Å². The lowest BCUT2D eigenvalue weighted by atomic mass is 10.1. The predicted octanol–water partition coefficient (Wildman–Crippen LogP) is 0.230. The van der Waals surface area contributed by atoms with E-state index in [4.69, 9.17) is 5.11 Å². The molecule has 19 heavy (non-hydrogen) atoms. The maximum atomic E-state index is 11.7. The van der Waals surface area contributed by atoms with Crippen molar-refractivity contribution in [2.24, 2.45) is 0 Å². The molecule has 0 aliphatic carbocycles. The van der Waals surface area contributed by atoms with Crippen molar-refractivity contribution in [2.45, 2.75) is 12.5 Å². The van der Waals surface area contributed by atoms with Crippen molar-refractivity contribution >= 4 is 11.9 Å². The molecule has 1 aromatic carbocycles. The van der Waals surface area contributed by atoms with Gasteiger partial charge in [0.1, 0.15) is 12.4 Å². The molecule has 0 unspecified atom stereocenters. The van der Waals surface area contributed by atoms with E-state index in [9.17, 15) is 9.59 Å². The molecule has 0 aliphatic rings. The monoisotopic (exact) mass is 260 g/mol. The van der Waals surface area contributed by atoms with Crippen LogP contribution in [-0.4, -0.2) is 38.2 Å². The second kappa shape index (κ2) is 5.76. The number of rotatable bonds is 5. The first kappa shape index (κ1) is 12.7. The maximum Gasteiger partial charge on any atom is 0.326 e. The number of carboxylic acids is 1. The van der Waals surface area contributed by atoms with Crippen molar-refractivity contribution in [2.75, 3.05) is 0 Å². The number of carboxylic acid groups (broad SMARTS) is 1. The van der Waals surface area contributed by atoms with Crippen molar-refractivity contribution in [3.05, 3.63) is 48.0 Å². The van der Waals surface area contributed by atoms with Crippen molar-refractivity contribution in [1.82, 2.24) is 20.5 Å². The highest BCUT2D eigenvalue weighted by Gasteiger charge is 2.22. The van der Waals surface area contributed by atoms with Crippen molar-refractivity contribution < 1.29 is 14.7 Å². The van der Waals surface area contributed by atoms with Crippen LogP contribution in [0, 0.1) is 0 Å². The lowest BCUT2D eigenvalue weighted by Crippen LogP contribution is -2.42. The minimum absolute atomic E-state index is 0.0145. The number of nitrogens with one attached hydrogen (secondary N) is 2. The number of benzene rings is 1. The third-order valence-corrected chi connectivity index (χ3v) is 2.52. The van der Waals surface area contributed by atoms with Gasteiger partial charge in [-0.2, -0.15) is 5.10 Å². The fourth-order valence-electron chi connectivity index (χ4n) is 1.59. The first-order chi connectivity index (χ1) is 9.16. The molecule has 0 spiro atoms. The van der Waals surface area contributed by atoms with Crippen LogP contribution >= 0.6 is 0 Å². The first-order valence-electron chi connectivity index (χ1n) is 5.60. The van der Waals surface area contributed by atoms with Gasteiger partial charge in [0.25, 0.3) is 5.91 Å². The Kier molecular flexibility index (Phi) is 3.87. The summed E-state index contributed by atoms with van der Waals surface area (Å²) in [5.41, 5.74) is 0.827. The highest BCUT2D eigenvalue weighted by molar-refractivity contribution is 5.93. The van der Waals surface area contributed by atoms with E-state index >= 15 is 0 Å². The Balaban J connectivity index is 2.05. The lowest BCUT2D eigenvalue weighted by molar-refractivity contribution is -0.139. The molecule has 0 fully saturated rings. The van der Waals surface area contributed by atoms with Crippen molar-refractivity contribution in [3.63, 3.8) is 0 Å². The number of carbonyl (C=O) groups excluding carboxylic acids is 1. The Morgan fingerprint density at radius 2 is 2.05 bits per heavy atom. The van der Waals surface area contributed by atoms with Gasteiger partial charge < -0.3 is 10.4 Å². The fraction of sp³-hybridized carbons (Fsp3) is 0.167. The van der Waals surface area contributed by atoms with Crippen LogP contribution in [0.3, 0.4) is 0 Å². The molecule has 7 nitrogen and oxygen atoms in total. The van der Waals surface area contributed by atoms with Crippen LogP contribution in [0.1, 0.15) is 16.2 Å². The summed E-state index contributed by atoms with van der Waals surface area (Å²) in [6.07, 6.45) is 1.39. The topological polar surface area (TPSA) is 108 Å².